The number of hydrogen-bond donors (Lipinski definition) is 2. The molecule has 0 bridgehead atoms. The summed E-state index contributed by atoms with van der Waals surface area (Å²) in [6, 6.07) is 3.52. The highest BCUT2D eigenvalue weighted by molar-refractivity contribution is 5.65. The molecule has 15 heavy (non-hydrogen) atoms. The van der Waals surface area contributed by atoms with Gasteiger partial charge in [-0.1, -0.05) is 25.5 Å². The number of hydrogen-bond acceptors (Lipinski definition) is 3. The van der Waals surface area contributed by atoms with Gasteiger partial charge in [-0.2, -0.15) is 0 Å². The number of phenolic OH excluding ortho intramolecular Hbond substituents is 1. The molecule has 0 radical (unpaired) electrons. The van der Waals surface area contributed by atoms with Gasteiger partial charge in [0.25, 0.3) is 0 Å². The highest BCUT2D eigenvalue weighted by Crippen LogP contribution is 2.34. The van der Waals surface area contributed by atoms with Crippen LogP contribution in [0.3, 0.4) is 0 Å². The quantitative estimate of drug-likeness (QED) is 0.594. The maximum atomic E-state index is 10.5. The lowest BCUT2D eigenvalue weighted by molar-refractivity contribution is 0.142. The van der Waals surface area contributed by atoms with Crippen LogP contribution in [0.1, 0.15) is 24.5 Å². The van der Waals surface area contributed by atoms with Gasteiger partial charge in [0.15, 0.2) is 11.5 Å². The molecule has 0 spiro atoms. The predicted molar refractivity (Wildman–Crippen MR) is 55.5 cm³/mol. The van der Waals surface area contributed by atoms with Crippen molar-refractivity contribution in [2.75, 3.05) is 0 Å². The van der Waals surface area contributed by atoms with Gasteiger partial charge in [0.1, 0.15) is 0 Å². The molecular formula is C11H14O4. The van der Waals surface area contributed by atoms with Crippen molar-refractivity contribution in [1.82, 2.24) is 0 Å². The van der Waals surface area contributed by atoms with Gasteiger partial charge in [0.2, 0.25) is 0 Å². The maximum absolute atomic E-state index is 10.5. The Morgan fingerprint density at radius 2 is 2.13 bits per heavy atom. The number of aryl methyl sites for hydroxylation is 2. The van der Waals surface area contributed by atoms with E-state index in [1.165, 1.54) is 0 Å². The summed E-state index contributed by atoms with van der Waals surface area (Å²) in [5, 5.41) is 18.2. The van der Waals surface area contributed by atoms with E-state index in [2.05, 4.69) is 4.74 Å². The first-order chi connectivity index (χ1) is 7.06. The molecule has 4 heteroatoms. The van der Waals surface area contributed by atoms with Crippen molar-refractivity contribution in [3.8, 4) is 11.5 Å². The average molecular weight is 210 g/mol. The largest absolute Gasteiger partial charge is 0.511 e. The zero-order valence-electron chi connectivity index (χ0n) is 8.78. The molecule has 1 aromatic carbocycles. The fourth-order valence-electron chi connectivity index (χ4n) is 1.38. The summed E-state index contributed by atoms with van der Waals surface area (Å²) in [7, 11) is 0. The molecule has 1 aromatic rings. The number of phenols is 1. The van der Waals surface area contributed by atoms with Crippen LogP contribution in [-0.4, -0.2) is 16.4 Å². The summed E-state index contributed by atoms with van der Waals surface area (Å²) >= 11 is 0. The molecule has 0 saturated heterocycles. The first kappa shape index (κ1) is 11.4. The molecule has 0 unspecified atom stereocenters. The summed E-state index contributed by atoms with van der Waals surface area (Å²) in [5.41, 5.74) is 1.31. The third-order valence-corrected chi connectivity index (χ3v) is 2.12. The summed E-state index contributed by atoms with van der Waals surface area (Å²) in [5.74, 6) is -0.0345. The van der Waals surface area contributed by atoms with Crippen molar-refractivity contribution in [3.05, 3.63) is 23.3 Å². The first-order valence-corrected chi connectivity index (χ1v) is 4.78. The summed E-state index contributed by atoms with van der Waals surface area (Å²) < 4.78 is 4.58. The minimum Gasteiger partial charge on any atom is -0.504 e. The topological polar surface area (TPSA) is 66.8 Å². The Balaban J connectivity index is 3.15. The third-order valence-electron chi connectivity index (χ3n) is 2.12. The average Bonchev–Trinajstić information content (AvgIpc) is 2.17. The zero-order chi connectivity index (χ0) is 11.4. The molecule has 0 atom stereocenters. The first-order valence-electron chi connectivity index (χ1n) is 4.78. The molecule has 0 aliphatic rings. The summed E-state index contributed by atoms with van der Waals surface area (Å²) in [4.78, 5) is 10.5. The summed E-state index contributed by atoms with van der Waals surface area (Å²) in [6.07, 6.45) is 0.128. The van der Waals surface area contributed by atoms with Crippen LogP contribution in [0.5, 0.6) is 11.5 Å². The lowest BCUT2D eigenvalue weighted by atomic mass is 10.1. The van der Waals surface area contributed by atoms with Crippen LogP contribution >= 0.6 is 0 Å². The molecule has 1 rings (SSSR count). The third kappa shape index (κ3) is 2.62. The van der Waals surface area contributed by atoms with Gasteiger partial charge in [0, 0.05) is 0 Å². The number of carboxylic acid groups (broad SMARTS) is 1. The van der Waals surface area contributed by atoms with Crippen molar-refractivity contribution in [2.24, 2.45) is 0 Å². The number of ether oxygens (including phenoxy) is 1. The van der Waals surface area contributed by atoms with Gasteiger partial charge in [-0.15, -0.1) is 0 Å². The molecule has 0 aliphatic heterocycles. The second-order valence-corrected chi connectivity index (χ2v) is 3.34. The molecule has 0 heterocycles. The van der Waals surface area contributed by atoms with Crippen LogP contribution < -0.4 is 4.74 Å². The molecule has 0 saturated carbocycles. The fraction of sp³-hybridized carbons (Fsp3) is 0.364. The highest BCUT2D eigenvalue weighted by atomic mass is 16.7. The van der Waals surface area contributed by atoms with Crippen molar-refractivity contribution >= 4 is 6.16 Å². The Labute approximate surface area is 88.1 Å². The van der Waals surface area contributed by atoms with Gasteiger partial charge < -0.3 is 14.9 Å². The monoisotopic (exact) mass is 210 g/mol. The second kappa shape index (κ2) is 4.68. The number of rotatable bonds is 3. The Morgan fingerprint density at radius 1 is 1.47 bits per heavy atom. The van der Waals surface area contributed by atoms with Crippen LogP contribution in [0.25, 0.3) is 0 Å². The van der Waals surface area contributed by atoms with Gasteiger partial charge in [0.05, 0.1) is 0 Å². The van der Waals surface area contributed by atoms with E-state index in [-0.39, 0.29) is 11.5 Å². The molecule has 0 aromatic heterocycles. The zero-order valence-corrected chi connectivity index (χ0v) is 8.78. The number of aromatic hydroxyl groups is 1. The van der Waals surface area contributed by atoms with Gasteiger partial charge >= 0.3 is 6.16 Å². The Morgan fingerprint density at radius 3 is 2.67 bits per heavy atom. The normalized spacial score (nSPS) is 10.0. The minimum atomic E-state index is -1.41. The summed E-state index contributed by atoms with van der Waals surface area (Å²) in [6.45, 7) is 3.67. The van der Waals surface area contributed by atoms with Gasteiger partial charge in [-0.25, -0.2) is 4.79 Å². The number of carbonyl (C=O) groups is 1. The molecular weight excluding hydrogens is 196 g/mol. The van der Waals surface area contributed by atoms with Crippen LogP contribution in [0, 0.1) is 6.92 Å². The van der Waals surface area contributed by atoms with Crippen LogP contribution in [-0.2, 0) is 6.42 Å². The van der Waals surface area contributed by atoms with Crippen molar-refractivity contribution in [1.29, 1.82) is 0 Å². The Kier molecular flexibility index (Phi) is 3.55. The minimum absolute atomic E-state index is 0.0596. The number of benzene rings is 1. The second-order valence-electron chi connectivity index (χ2n) is 3.34. The fourth-order valence-corrected chi connectivity index (χ4v) is 1.38. The molecule has 0 fully saturated rings. The van der Waals surface area contributed by atoms with E-state index in [1.54, 1.807) is 19.1 Å². The smallest absolute Gasteiger partial charge is 0.504 e. The van der Waals surface area contributed by atoms with Crippen molar-refractivity contribution < 1.29 is 19.7 Å². The molecule has 0 aliphatic carbocycles. The van der Waals surface area contributed by atoms with Crippen LogP contribution in [0.15, 0.2) is 12.1 Å². The predicted octanol–water partition coefficient (Wildman–Crippen LogP) is 2.71. The van der Waals surface area contributed by atoms with Crippen molar-refractivity contribution in [3.63, 3.8) is 0 Å². The van der Waals surface area contributed by atoms with E-state index in [0.29, 0.717) is 17.5 Å². The molecule has 82 valence electrons. The van der Waals surface area contributed by atoms with E-state index in [9.17, 15) is 9.90 Å². The van der Waals surface area contributed by atoms with E-state index in [4.69, 9.17) is 5.11 Å². The van der Waals surface area contributed by atoms with E-state index in [1.807, 2.05) is 6.92 Å². The van der Waals surface area contributed by atoms with Gasteiger partial charge in [-0.3, -0.25) is 0 Å². The van der Waals surface area contributed by atoms with Crippen LogP contribution in [0.4, 0.5) is 4.79 Å². The highest BCUT2D eigenvalue weighted by Gasteiger charge is 2.14. The SMILES string of the molecule is CCCc1ccc(C)c(O)c1OC(=O)O. The Bertz CT molecular complexity index is 371. The molecule has 0 amide bonds. The van der Waals surface area contributed by atoms with E-state index < -0.39 is 6.16 Å². The molecule has 2 N–H and O–H groups in total. The lowest BCUT2D eigenvalue weighted by Crippen LogP contribution is -2.06. The molecule has 4 nitrogen and oxygen atoms in total. The van der Waals surface area contributed by atoms with E-state index in [0.717, 1.165) is 6.42 Å². The van der Waals surface area contributed by atoms with Crippen molar-refractivity contribution in [2.45, 2.75) is 26.7 Å². The lowest BCUT2D eigenvalue weighted by Gasteiger charge is -2.10. The van der Waals surface area contributed by atoms with E-state index >= 15 is 0 Å². The van der Waals surface area contributed by atoms with Gasteiger partial charge in [-0.05, 0) is 24.5 Å². The Hall–Kier alpha value is -1.71. The van der Waals surface area contributed by atoms with Crippen LogP contribution in [0.2, 0.25) is 0 Å². The maximum Gasteiger partial charge on any atom is 0.511 e. The standard InChI is InChI=1S/C11H14O4/c1-3-4-8-6-5-7(2)9(12)10(8)15-11(13)14/h5-6,12H,3-4H2,1-2H3,(H,13,14).